The molecule has 0 radical (unpaired) electrons. The van der Waals surface area contributed by atoms with Crippen molar-refractivity contribution >= 4 is 5.78 Å². The molecule has 0 saturated heterocycles. The van der Waals surface area contributed by atoms with Gasteiger partial charge in [0.15, 0.2) is 5.78 Å². The van der Waals surface area contributed by atoms with Crippen LogP contribution in [0.2, 0.25) is 0 Å². The van der Waals surface area contributed by atoms with Gasteiger partial charge in [0.2, 0.25) is 0 Å². The Hall–Kier alpha value is -1.19. The van der Waals surface area contributed by atoms with Crippen LogP contribution >= 0.6 is 0 Å². The molecule has 3 heteroatoms. The van der Waals surface area contributed by atoms with Gasteiger partial charge >= 0.3 is 0 Å². The van der Waals surface area contributed by atoms with Crippen LogP contribution in [-0.4, -0.2) is 28.2 Å². The van der Waals surface area contributed by atoms with Crippen molar-refractivity contribution in [2.24, 2.45) is 0 Å². The minimum absolute atomic E-state index is 0.160. The van der Waals surface area contributed by atoms with Crippen LogP contribution in [0.5, 0.6) is 0 Å². The third kappa shape index (κ3) is 2.94. The highest BCUT2D eigenvalue weighted by Crippen LogP contribution is 2.04. The molecule has 14 heavy (non-hydrogen) atoms. The fourth-order valence-electron chi connectivity index (χ4n) is 1.17. The van der Waals surface area contributed by atoms with Crippen molar-refractivity contribution in [1.82, 2.24) is 0 Å². The Kier molecular flexibility index (Phi) is 3.80. The first-order valence-corrected chi connectivity index (χ1v) is 4.54. The molecule has 0 saturated carbocycles. The lowest BCUT2D eigenvalue weighted by molar-refractivity contribution is -0.131. The fraction of sp³-hybridized carbons (Fsp3) is 0.364. The second kappa shape index (κ2) is 4.88. The van der Waals surface area contributed by atoms with Gasteiger partial charge in [-0.1, -0.05) is 30.3 Å². The maximum absolute atomic E-state index is 11.3. The number of carbonyl (C=O) groups is 1. The van der Waals surface area contributed by atoms with Crippen LogP contribution in [0.4, 0.5) is 0 Å². The number of ketones is 1. The van der Waals surface area contributed by atoms with E-state index in [1.54, 1.807) is 0 Å². The van der Waals surface area contributed by atoms with Gasteiger partial charge in [-0.15, -0.1) is 0 Å². The monoisotopic (exact) mass is 194 g/mol. The van der Waals surface area contributed by atoms with Gasteiger partial charge in [0.25, 0.3) is 0 Å². The summed E-state index contributed by atoms with van der Waals surface area (Å²) in [6.07, 6.45) is -2.13. The number of carbonyl (C=O) groups excluding carboxylic acids is 1. The highest BCUT2D eigenvalue weighted by molar-refractivity contribution is 5.85. The topological polar surface area (TPSA) is 57.5 Å². The quantitative estimate of drug-likeness (QED) is 0.735. The molecule has 0 aliphatic rings. The van der Waals surface area contributed by atoms with E-state index in [2.05, 4.69) is 0 Å². The van der Waals surface area contributed by atoms with E-state index in [0.29, 0.717) is 0 Å². The summed E-state index contributed by atoms with van der Waals surface area (Å²) in [5.41, 5.74) is 0.845. The number of Topliss-reactive ketones (excluding diaryl/α,β-unsaturated/α-hetero) is 1. The Labute approximate surface area is 83.0 Å². The standard InChI is InChI=1S/C11H14O3/c1-8(12)11(14)10(13)7-9-5-3-2-4-6-9/h2-6,8,11-12,14H,7H2,1H3. The van der Waals surface area contributed by atoms with E-state index in [1.807, 2.05) is 30.3 Å². The Balaban J connectivity index is 2.58. The van der Waals surface area contributed by atoms with Gasteiger partial charge < -0.3 is 10.2 Å². The third-order valence-electron chi connectivity index (χ3n) is 2.01. The van der Waals surface area contributed by atoms with Crippen molar-refractivity contribution in [2.75, 3.05) is 0 Å². The average molecular weight is 194 g/mol. The molecule has 2 N–H and O–H groups in total. The molecule has 1 aromatic carbocycles. The molecule has 0 aliphatic heterocycles. The second-order valence-electron chi connectivity index (χ2n) is 3.31. The van der Waals surface area contributed by atoms with Crippen molar-refractivity contribution in [1.29, 1.82) is 0 Å². The molecule has 76 valence electrons. The first-order valence-electron chi connectivity index (χ1n) is 4.54. The van der Waals surface area contributed by atoms with Crippen molar-refractivity contribution in [3.05, 3.63) is 35.9 Å². The van der Waals surface area contributed by atoms with E-state index in [1.165, 1.54) is 6.92 Å². The van der Waals surface area contributed by atoms with Crippen LogP contribution < -0.4 is 0 Å². The normalized spacial score (nSPS) is 14.8. The lowest BCUT2D eigenvalue weighted by Gasteiger charge is -2.11. The third-order valence-corrected chi connectivity index (χ3v) is 2.01. The number of benzene rings is 1. The van der Waals surface area contributed by atoms with Gasteiger partial charge in [-0.05, 0) is 12.5 Å². The summed E-state index contributed by atoms with van der Waals surface area (Å²) in [4.78, 5) is 11.3. The van der Waals surface area contributed by atoms with E-state index in [0.717, 1.165) is 5.56 Å². The Bertz CT molecular complexity index is 293. The predicted molar refractivity (Wildman–Crippen MR) is 52.8 cm³/mol. The summed E-state index contributed by atoms with van der Waals surface area (Å²) in [7, 11) is 0. The molecule has 0 aromatic heterocycles. The summed E-state index contributed by atoms with van der Waals surface area (Å²) in [6, 6.07) is 9.15. The molecule has 0 aliphatic carbocycles. The summed E-state index contributed by atoms with van der Waals surface area (Å²) >= 11 is 0. The first-order chi connectivity index (χ1) is 6.61. The predicted octanol–water partition coefficient (Wildman–Crippen LogP) is 0.540. The van der Waals surface area contributed by atoms with E-state index < -0.39 is 12.2 Å². The van der Waals surface area contributed by atoms with Crippen molar-refractivity contribution in [2.45, 2.75) is 25.6 Å². The van der Waals surface area contributed by atoms with Crippen LogP contribution in [0.3, 0.4) is 0 Å². The Morgan fingerprint density at radius 2 is 1.86 bits per heavy atom. The van der Waals surface area contributed by atoms with Gasteiger partial charge in [-0.3, -0.25) is 4.79 Å². The number of aliphatic hydroxyl groups is 2. The smallest absolute Gasteiger partial charge is 0.168 e. The van der Waals surface area contributed by atoms with Crippen LogP contribution in [0.1, 0.15) is 12.5 Å². The van der Waals surface area contributed by atoms with Gasteiger partial charge in [-0.25, -0.2) is 0 Å². The summed E-state index contributed by atoms with van der Waals surface area (Å²) < 4.78 is 0. The number of hydrogen-bond acceptors (Lipinski definition) is 3. The SMILES string of the molecule is CC(O)C(O)C(=O)Cc1ccccc1. The number of rotatable bonds is 4. The van der Waals surface area contributed by atoms with E-state index >= 15 is 0 Å². The molecular weight excluding hydrogens is 180 g/mol. The molecular formula is C11H14O3. The van der Waals surface area contributed by atoms with Crippen molar-refractivity contribution < 1.29 is 15.0 Å². The van der Waals surface area contributed by atoms with Crippen molar-refractivity contribution in [3.63, 3.8) is 0 Å². The lowest BCUT2D eigenvalue weighted by atomic mass is 10.0. The zero-order valence-corrected chi connectivity index (χ0v) is 8.05. The van der Waals surface area contributed by atoms with Crippen LogP contribution in [0, 0.1) is 0 Å². The van der Waals surface area contributed by atoms with E-state index in [9.17, 15) is 9.90 Å². The molecule has 0 amide bonds. The first kappa shape index (κ1) is 10.9. The summed E-state index contributed by atoms with van der Waals surface area (Å²) in [5, 5.41) is 18.3. The molecule has 2 unspecified atom stereocenters. The maximum Gasteiger partial charge on any atom is 0.168 e. The van der Waals surface area contributed by atoms with E-state index in [4.69, 9.17) is 5.11 Å². The number of aliphatic hydroxyl groups excluding tert-OH is 2. The highest BCUT2D eigenvalue weighted by Gasteiger charge is 2.19. The molecule has 0 spiro atoms. The second-order valence-corrected chi connectivity index (χ2v) is 3.31. The van der Waals surface area contributed by atoms with Crippen LogP contribution in [0.25, 0.3) is 0 Å². The lowest BCUT2D eigenvalue weighted by Crippen LogP contribution is -2.32. The van der Waals surface area contributed by atoms with Crippen LogP contribution in [-0.2, 0) is 11.2 Å². The minimum atomic E-state index is -1.28. The van der Waals surface area contributed by atoms with Gasteiger partial charge in [0.1, 0.15) is 6.10 Å². The molecule has 3 nitrogen and oxygen atoms in total. The largest absolute Gasteiger partial charge is 0.390 e. The fourth-order valence-corrected chi connectivity index (χ4v) is 1.17. The highest BCUT2D eigenvalue weighted by atomic mass is 16.3. The zero-order valence-electron chi connectivity index (χ0n) is 8.05. The maximum atomic E-state index is 11.3. The molecule has 0 bridgehead atoms. The molecule has 2 atom stereocenters. The van der Waals surface area contributed by atoms with E-state index in [-0.39, 0.29) is 12.2 Å². The molecule has 0 fully saturated rings. The molecule has 1 rings (SSSR count). The van der Waals surface area contributed by atoms with Gasteiger partial charge in [0, 0.05) is 6.42 Å². The van der Waals surface area contributed by atoms with Crippen molar-refractivity contribution in [3.8, 4) is 0 Å². The van der Waals surface area contributed by atoms with Crippen LogP contribution in [0.15, 0.2) is 30.3 Å². The average Bonchev–Trinajstić information content (AvgIpc) is 2.18. The molecule has 1 aromatic rings. The summed E-state index contributed by atoms with van der Waals surface area (Å²) in [6.45, 7) is 1.40. The number of hydrogen-bond donors (Lipinski definition) is 2. The minimum Gasteiger partial charge on any atom is -0.390 e. The van der Waals surface area contributed by atoms with Gasteiger partial charge in [-0.2, -0.15) is 0 Å². The Morgan fingerprint density at radius 1 is 1.29 bits per heavy atom. The Morgan fingerprint density at radius 3 is 2.36 bits per heavy atom. The summed E-state index contributed by atoms with van der Waals surface area (Å²) in [5.74, 6) is -0.355. The van der Waals surface area contributed by atoms with Gasteiger partial charge in [0.05, 0.1) is 6.10 Å². The zero-order chi connectivity index (χ0) is 10.6. The molecule has 0 heterocycles.